The van der Waals surface area contributed by atoms with E-state index in [1.165, 1.54) is 6.20 Å². The van der Waals surface area contributed by atoms with Crippen LogP contribution in [0.2, 0.25) is 0 Å². The fourth-order valence-corrected chi connectivity index (χ4v) is 1.49. The molecular formula is C13H15N3O2. The molecule has 2 N–H and O–H groups in total. The Labute approximate surface area is 106 Å². The average Bonchev–Trinajstić information content (AvgIpc) is 2.39. The molecule has 0 spiro atoms. The summed E-state index contributed by atoms with van der Waals surface area (Å²) in [7, 11) is 1.62. The van der Waals surface area contributed by atoms with Crippen molar-refractivity contribution in [2.24, 2.45) is 0 Å². The fourth-order valence-electron chi connectivity index (χ4n) is 1.49. The summed E-state index contributed by atoms with van der Waals surface area (Å²) in [6, 6.07) is 5.76. The molecule has 1 aromatic carbocycles. The summed E-state index contributed by atoms with van der Waals surface area (Å²) in [6.07, 6.45) is 3.10. The molecule has 0 amide bonds. The van der Waals surface area contributed by atoms with Gasteiger partial charge in [0.15, 0.2) is 11.5 Å². The van der Waals surface area contributed by atoms with Gasteiger partial charge >= 0.3 is 0 Å². The lowest BCUT2D eigenvalue weighted by molar-refractivity contribution is 0.280. The molecule has 0 radical (unpaired) electrons. The Balaban J connectivity index is 2.08. The number of benzene rings is 1. The molecule has 0 bridgehead atoms. The lowest BCUT2D eigenvalue weighted by Gasteiger charge is -2.10. The third-order valence-corrected chi connectivity index (χ3v) is 2.42. The van der Waals surface area contributed by atoms with Gasteiger partial charge in [0.2, 0.25) is 0 Å². The number of aryl methyl sites for hydroxylation is 1. The van der Waals surface area contributed by atoms with E-state index in [1.807, 2.05) is 25.1 Å². The normalized spacial score (nSPS) is 10.1. The van der Waals surface area contributed by atoms with Crippen molar-refractivity contribution in [1.82, 2.24) is 9.97 Å². The summed E-state index contributed by atoms with van der Waals surface area (Å²) in [6.45, 7) is 2.32. The zero-order chi connectivity index (χ0) is 13.0. The zero-order valence-corrected chi connectivity index (χ0v) is 10.4. The number of hydrogen-bond acceptors (Lipinski definition) is 5. The molecule has 18 heavy (non-hydrogen) atoms. The molecule has 5 nitrogen and oxygen atoms in total. The van der Waals surface area contributed by atoms with Crippen molar-refractivity contribution in [3.05, 3.63) is 41.9 Å². The van der Waals surface area contributed by atoms with Crippen LogP contribution in [0.3, 0.4) is 0 Å². The van der Waals surface area contributed by atoms with Crippen LogP contribution >= 0.6 is 0 Å². The van der Waals surface area contributed by atoms with E-state index >= 15 is 0 Å². The predicted octanol–water partition coefficient (Wildman–Crippen LogP) is 1.95. The first kappa shape index (κ1) is 12.2. The average molecular weight is 245 g/mol. The van der Waals surface area contributed by atoms with Crippen molar-refractivity contribution in [1.29, 1.82) is 0 Å². The second-order valence-corrected chi connectivity index (χ2v) is 3.88. The first-order valence-corrected chi connectivity index (χ1v) is 5.53. The maximum Gasteiger partial charge on any atom is 0.161 e. The van der Waals surface area contributed by atoms with E-state index in [0.717, 1.165) is 5.56 Å². The predicted molar refractivity (Wildman–Crippen MR) is 68.5 cm³/mol. The third-order valence-electron chi connectivity index (χ3n) is 2.42. The molecule has 1 heterocycles. The van der Waals surface area contributed by atoms with E-state index in [4.69, 9.17) is 15.2 Å². The second kappa shape index (κ2) is 5.35. The number of nitrogens with zero attached hydrogens (tertiary/aromatic N) is 2. The molecule has 0 fully saturated rings. The second-order valence-electron chi connectivity index (χ2n) is 3.88. The first-order valence-electron chi connectivity index (χ1n) is 5.53. The summed E-state index contributed by atoms with van der Waals surface area (Å²) in [5.74, 6) is 1.78. The number of nitrogen functional groups attached to an aromatic ring is 1. The molecule has 0 saturated carbocycles. The van der Waals surface area contributed by atoms with Crippen LogP contribution < -0.4 is 15.2 Å². The Kier molecular flexibility index (Phi) is 3.62. The van der Waals surface area contributed by atoms with Gasteiger partial charge in [0, 0.05) is 0 Å². The van der Waals surface area contributed by atoms with Crippen molar-refractivity contribution in [2.75, 3.05) is 12.8 Å². The summed E-state index contributed by atoms with van der Waals surface area (Å²) in [4.78, 5) is 8.07. The maximum absolute atomic E-state index is 5.64. The largest absolute Gasteiger partial charge is 0.493 e. The molecule has 0 aliphatic heterocycles. The van der Waals surface area contributed by atoms with E-state index in [-0.39, 0.29) is 0 Å². The highest BCUT2D eigenvalue weighted by atomic mass is 16.5. The van der Waals surface area contributed by atoms with Crippen LogP contribution in [0.1, 0.15) is 11.3 Å². The molecule has 0 atom stereocenters. The topological polar surface area (TPSA) is 70.3 Å². The molecule has 5 heteroatoms. The van der Waals surface area contributed by atoms with E-state index in [0.29, 0.717) is 29.6 Å². The molecule has 0 aliphatic rings. The first-order chi connectivity index (χ1) is 8.69. The van der Waals surface area contributed by atoms with Gasteiger partial charge in [0.05, 0.1) is 25.2 Å². The third kappa shape index (κ3) is 2.88. The van der Waals surface area contributed by atoms with Crippen molar-refractivity contribution >= 4 is 5.82 Å². The minimum atomic E-state index is 0.326. The monoisotopic (exact) mass is 245 g/mol. The molecule has 94 valence electrons. The van der Waals surface area contributed by atoms with Gasteiger partial charge in [0.25, 0.3) is 0 Å². The fraction of sp³-hybridized carbons (Fsp3) is 0.231. The minimum Gasteiger partial charge on any atom is -0.493 e. The molecule has 0 saturated heterocycles. The highest BCUT2D eigenvalue weighted by molar-refractivity contribution is 5.42. The number of nitrogens with two attached hydrogens (primary N) is 1. The van der Waals surface area contributed by atoms with Gasteiger partial charge in [-0.15, -0.1) is 0 Å². The van der Waals surface area contributed by atoms with Crippen molar-refractivity contribution in [3.8, 4) is 11.5 Å². The van der Waals surface area contributed by atoms with Crippen LogP contribution in [0.4, 0.5) is 5.82 Å². The Bertz CT molecular complexity index is 526. The highest BCUT2D eigenvalue weighted by Gasteiger charge is 2.05. The quantitative estimate of drug-likeness (QED) is 0.891. The smallest absolute Gasteiger partial charge is 0.161 e. The van der Waals surface area contributed by atoms with Crippen LogP contribution in [0.15, 0.2) is 30.6 Å². The molecule has 1 aromatic heterocycles. The number of ether oxygens (including phenoxy) is 2. The summed E-state index contributed by atoms with van der Waals surface area (Å²) >= 11 is 0. The number of hydrogen-bond donors (Lipinski definition) is 1. The molecular weight excluding hydrogens is 230 g/mol. The zero-order valence-electron chi connectivity index (χ0n) is 10.4. The van der Waals surface area contributed by atoms with Crippen LogP contribution in [-0.2, 0) is 6.61 Å². The Morgan fingerprint density at radius 2 is 2.00 bits per heavy atom. The highest BCUT2D eigenvalue weighted by Crippen LogP contribution is 2.28. The van der Waals surface area contributed by atoms with Crippen molar-refractivity contribution in [3.63, 3.8) is 0 Å². The van der Waals surface area contributed by atoms with E-state index < -0.39 is 0 Å². The van der Waals surface area contributed by atoms with Gasteiger partial charge in [0.1, 0.15) is 12.4 Å². The minimum absolute atomic E-state index is 0.326. The van der Waals surface area contributed by atoms with Crippen molar-refractivity contribution < 1.29 is 9.47 Å². The maximum atomic E-state index is 5.64. The summed E-state index contributed by atoms with van der Waals surface area (Å²) < 4.78 is 10.9. The lowest BCUT2D eigenvalue weighted by atomic mass is 10.2. The van der Waals surface area contributed by atoms with Gasteiger partial charge in [-0.25, -0.2) is 4.98 Å². The van der Waals surface area contributed by atoms with E-state index in [2.05, 4.69) is 9.97 Å². The number of anilines is 1. The molecule has 0 aliphatic carbocycles. The molecule has 0 unspecified atom stereocenters. The Morgan fingerprint density at radius 1 is 1.17 bits per heavy atom. The summed E-state index contributed by atoms with van der Waals surface area (Å²) in [5, 5.41) is 0. The van der Waals surface area contributed by atoms with Crippen LogP contribution in [-0.4, -0.2) is 17.1 Å². The number of rotatable bonds is 4. The standard InChI is InChI=1S/C13H15N3O2/c1-9-3-4-11(12(5-9)17-2)18-8-10-6-16-13(14)7-15-10/h3-7H,8H2,1-2H3,(H2,14,16). The molecule has 2 aromatic rings. The van der Waals surface area contributed by atoms with Crippen molar-refractivity contribution in [2.45, 2.75) is 13.5 Å². The van der Waals surface area contributed by atoms with Crippen LogP contribution in [0, 0.1) is 6.92 Å². The summed E-state index contributed by atoms with van der Waals surface area (Å²) in [5.41, 5.74) is 7.29. The van der Waals surface area contributed by atoms with E-state index in [1.54, 1.807) is 13.3 Å². The lowest BCUT2D eigenvalue weighted by Crippen LogP contribution is -2.01. The molecule has 2 rings (SSSR count). The van der Waals surface area contributed by atoms with E-state index in [9.17, 15) is 0 Å². The Morgan fingerprint density at radius 3 is 2.67 bits per heavy atom. The van der Waals surface area contributed by atoms with Gasteiger partial charge in [-0.2, -0.15) is 0 Å². The van der Waals surface area contributed by atoms with Gasteiger partial charge in [-0.1, -0.05) is 6.07 Å². The number of methoxy groups -OCH3 is 1. The number of aromatic nitrogens is 2. The SMILES string of the molecule is COc1cc(C)ccc1OCc1cnc(N)cn1. The Hall–Kier alpha value is -2.30. The van der Waals surface area contributed by atoms with Gasteiger partial charge in [-0.05, 0) is 24.6 Å². The van der Waals surface area contributed by atoms with Crippen LogP contribution in [0.5, 0.6) is 11.5 Å². The van der Waals surface area contributed by atoms with Gasteiger partial charge in [-0.3, -0.25) is 4.98 Å². The van der Waals surface area contributed by atoms with Gasteiger partial charge < -0.3 is 15.2 Å². The van der Waals surface area contributed by atoms with Crippen LogP contribution in [0.25, 0.3) is 0 Å².